The highest BCUT2D eigenvalue weighted by molar-refractivity contribution is 5.96. The third kappa shape index (κ3) is 2.89. The van der Waals surface area contributed by atoms with Crippen LogP contribution in [-0.4, -0.2) is 35.1 Å². The van der Waals surface area contributed by atoms with E-state index >= 15 is 0 Å². The van der Waals surface area contributed by atoms with Gasteiger partial charge in [-0.2, -0.15) is 0 Å². The molecule has 0 spiro atoms. The highest BCUT2D eigenvalue weighted by atomic mass is 16.3. The van der Waals surface area contributed by atoms with Crippen LogP contribution >= 0.6 is 0 Å². The van der Waals surface area contributed by atoms with Gasteiger partial charge in [0.2, 0.25) is 0 Å². The zero-order valence-corrected chi connectivity index (χ0v) is 11.6. The fraction of sp³-hybridized carbons (Fsp3) is 0.533. The summed E-state index contributed by atoms with van der Waals surface area (Å²) in [6.07, 6.45) is 1.45. The number of hydrogen-bond donors (Lipinski definition) is 2. The van der Waals surface area contributed by atoms with E-state index in [0.717, 1.165) is 18.4 Å². The number of likely N-dealkylation sites (tertiary alicyclic amines) is 1. The second-order valence-corrected chi connectivity index (χ2v) is 5.39. The number of hydrogen-bond acceptors (Lipinski definition) is 3. The lowest BCUT2D eigenvalue weighted by Gasteiger charge is -2.33. The van der Waals surface area contributed by atoms with Crippen molar-refractivity contribution in [1.29, 1.82) is 0 Å². The van der Waals surface area contributed by atoms with Crippen molar-refractivity contribution in [3.63, 3.8) is 0 Å². The van der Waals surface area contributed by atoms with Gasteiger partial charge in [-0.05, 0) is 50.3 Å². The van der Waals surface area contributed by atoms with Gasteiger partial charge in [-0.15, -0.1) is 0 Å². The molecule has 1 unspecified atom stereocenters. The first-order valence-corrected chi connectivity index (χ1v) is 6.83. The molecule has 4 nitrogen and oxygen atoms in total. The number of aliphatic hydroxyl groups is 1. The molecule has 2 rings (SSSR count). The zero-order valence-electron chi connectivity index (χ0n) is 11.6. The number of anilines is 1. The van der Waals surface area contributed by atoms with Crippen LogP contribution in [-0.2, 0) is 0 Å². The molecule has 19 heavy (non-hydrogen) atoms. The van der Waals surface area contributed by atoms with Crippen LogP contribution < -0.4 is 5.73 Å². The smallest absolute Gasteiger partial charge is 0.254 e. The monoisotopic (exact) mass is 262 g/mol. The van der Waals surface area contributed by atoms with Crippen molar-refractivity contribution in [3.8, 4) is 0 Å². The third-order valence-electron chi connectivity index (χ3n) is 4.12. The van der Waals surface area contributed by atoms with Crippen LogP contribution in [0.1, 0.15) is 35.7 Å². The standard InChI is InChI=1S/C15H22N2O2/c1-10-13(4-3-5-14(10)16)15(19)17-8-6-12(7-9-17)11(2)18/h3-5,11-12,18H,6-9,16H2,1-2H3. The molecular weight excluding hydrogens is 240 g/mol. The predicted octanol–water partition coefficient (Wildman–Crippen LogP) is 1.81. The van der Waals surface area contributed by atoms with E-state index in [1.807, 2.05) is 36.9 Å². The minimum absolute atomic E-state index is 0.0499. The molecule has 1 heterocycles. The summed E-state index contributed by atoms with van der Waals surface area (Å²) in [7, 11) is 0. The molecular formula is C15H22N2O2. The summed E-state index contributed by atoms with van der Waals surface area (Å²) in [5.74, 6) is 0.361. The number of carbonyl (C=O) groups is 1. The van der Waals surface area contributed by atoms with E-state index in [1.165, 1.54) is 0 Å². The van der Waals surface area contributed by atoms with Gasteiger partial charge in [0.05, 0.1) is 6.10 Å². The quantitative estimate of drug-likeness (QED) is 0.799. The molecule has 1 saturated heterocycles. The summed E-state index contributed by atoms with van der Waals surface area (Å²) in [4.78, 5) is 14.3. The molecule has 0 bridgehead atoms. The summed E-state index contributed by atoms with van der Waals surface area (Å²) in [6.45, 7) is 5.13. The van der Waals surface area contributed by atoms with Crippen molar-refractivity contribution in [2.24, 2.45) is 5.92 Å². The Morgan fingerprint density at radius 3 is 2.63 bits per heavy atom. The van der Waals surface area contributed by atoms with Crippen molar-refractivity contribution >= 4 is 11.6 Å². The van der Waals surface area contributed by atoms with Crippen LogP contribution in [0, 0.1) is 12.8 Å². The molecule has 0 aromatic heterocycles. The molecule has 1 aliphatic rings. The van der Waals surface area contributed by atoms with Crippen LogP contribution in [0.15, 0.2) is 18.2 Å². The maximum absolute atomic E-state index is 12.5. The molecule has 1 aliphatic heterocycles. The number of amides is 1. The molecule has 4 heteroatoms. The molecule has 3 N–H and O–H groups in total. The minimum atomic E-state index is -0.286. The van der Waals surface area contributed by atoms with Gasteiger partial charge in [0.25, 0.3) is 5.91 Å². The van der Waals surface area contributed by atoms with Crippen LogP contribution in [0.5, 0.6) is 0 Å². The summed E-state index contributed by atoms with van der Waals surface area (Å²) >= 11 is 0. The first-order valence-electron chi connectivity index (χ1n) is 6.83. The van der Waals surface area contributed by atoms with Crippen molar-refractivity contribution < 1.29 is 9.90 Å². The molecule has 1 amide bonds. The Morgan fingerprint density at radius 1 is 1.42 bits per heavy atom. The fourth-order valence-corrected chi connectivity index (χ4v) is 2.64. The Bertz CT molecular complexity index is 463. The topological polar surface area (TPSA) is 66.6 Å². The lowest BCUT2D eigenvalue weighted by atomic mass is 9.91. The first-order chi connectivity index (χ1) is 9.00. The van der Waals surface area contributed by atoms with Crippen LogP contribution in [0.25, 0.3) is 0 Å². The lowest BCUT2D eigenvalue weighted by molar-refractivity contribution is 0.0521. The zero-order chi connectivity index (χ0) is 14.0. The van der Waals surface area contributed by atoms with E-state index in [1.54, 1.807) is 0 Å². The van der Waals surface area contributed by atoms with E-state index in [0.29, 0.717) is 30.3 Å². The Morgan fingerprint density at radius 2 is 2.05 bits per heavy atom. The van der Waals surface area contributed by atoms with E-state index < -0.39 is 0 Å². The summed E-state index contributed by atoms with van der Waals surface area (Å²) in [6, 6.07) is 5.46. The van der Waals surface area contributed by atoms with Gasteiger partial charge in [-0.3, -0.25) is 4.79 Å². The van der Waals surface area contributed by atoms with Gasteiger partial charge < -0.3 is 15.7 Å². The predicted molar refractivity (Wildman–Crippen MR) is 75.9 cm³/mol. The molecule has 1 aromatic carbocycles. The summed E-state index contributed by atoms with van der Waals surface area (Å²) < 4.78 is 0. The Kier molecular flexibility index (Phi) is 4.10. The molecule has 1 fully saturated rings. The number of aliphatic hydroxyl groups excluding tert-OH is 1. The number of benzene rings is 1. The second-order valence-electron chi connectivity index (χ2n) is 5.39. The van der Waals surface area contributed by atoms with E-state index in [-0.39, 0.29) is 12.0 Å². The van der Waals surface area contributed by atoms with Crippen molar-refractivity contribution in [2.45, 2.75) is 32.8 Å². The summed E-state index contributed by atoms with van der Waals surface area (Å²) in [5.41, 5.74) is 8.05. The SMILES string of the molecule is Cc1c(N)cccc1C(=O)N1CCC(C(C)O)CC1. The Balaban J connectivity index is 2.07. The van der Waals surface area contributed by atoms with Gasteiger partial charge in [-0.25, -0.2) is 0 Å². The van der Waals surface area contributed by atoms with Crippen LogP contribution in [0.4, 0.5) is 5.69 Å². The highest BCUT2D eigenvalue weighted by Crippen LogP contribution is 2.23. The highest BCUT2D eigenvalue weighted by Gasteiger charge is 2.26. The third-order valence-corrected chi connectivity index (χ3v) is 4.12. The molecule has 1 atom stereocenters. The van der Waals surface area contributed by atoms with Gasteiger partial charge >= 0.3 is 0 Å². The van der Waals surface area contributed by atoms with Gasteiger partial charge in [0.15, 0.2) is 0 Å². The molecule has 0 aliphatic carbocycles. The Hall–Kier alpha value is -1.55. The molecule has 1 aromatic rings. The number of rotatable bonds is 2. The molecule has 0 radical (unpaired) electrons. The average Bonchev–Trinajstić information content (AvgIpc) is 2.41. The molecule has 0 saturated carbocycles. The van der Waals surface area contributed by atoms with Crippen molar-refractivity contribution in [3.05, 3.63) is 29.3 Å². The molecule has 104 valence electrons. The van der Waals surface area contributed by atoms with Crippen LogP contribution in [0.3, 0.4) is 0 Å². The normalized spacial score (nSPS) is 18.4. The van der Waals surface area contributed by atoms with E-state index in [4.69, 9.17) is 5.73 Å². The van der Waals surface area contributed by atoms with Gasteiger partial charge in [-0.1, -0.05) is 6.07 Å². The minimum Gasteiger partial charge on any atom is -0.398 e. The first kappa shape index (κ1) is 13.9. The maximum Gasteiger partial charge on any atom is 0.254 e. The second kappa shape index (κ2) is 5.61. The number of nitrogens with zero attached hydrogens (tertiary/aromatic N) is 1. The number of carbonyl (C=O) groups excluding carboxylic acids is 1. The van der Waals surface area contributed by atoms with E-state index in [2.05, 4.69) is 0 Å². The summed E-state index contributed by atoms with van der Waals surface area (Å²) in [5, 5.41) is 9.58. The number of nitrogens with two attached hydrogens (primary N) is 1. The average molecular weight is 262 g/mol. The van der Waals surface area contributed by atoms with Gasteiger partial charge in [0.1, 0.15) is 0 Å². The van der Waals surface area contributed by atoms with Crippen LogP contribution in [0.2, 0.25) is 0 Å². The lowest BCUT2D eigenvalue weighted by Crippen LogP contribution is -2.41. The number of piperidine rings is 1. The van der Waals surface area contributed by atoms with Crippen molar-refractivity contribution in [2.75, 3.05) is 18.8 Å². The largest absolute Gasteiger partial charge is 0.398 e. The number of nitrogen functional groups attached to an aromatic ring is 1. The van der Waals surface area contributed by atoms with Crippen molar-refractivity contribution in [1.82, 2.24) is 4.90 Å². The maximum atomic E-state index is 12.5. The van der Waals surface area contributed by atoms with E-state index in [9.17, 15) is 9.90 Å². The van der Waals surface area contributed by atoms with Gasteiger partial charge in [0, 0.05) is 24.3 Å². The Labute approximate surface area is 114 Å². The fourth-order valence-electron chi connectivity index (χ4n) is 2.64.